The predicted molar refractivity (Wildman–Crippen MR) is 30.1 cm³/mol. The van der Waals surface area contributed by atoms with Crippen LogP contribution < -0.4 is 0 Å². The molecule has 1 radical (unpaired) electrons. The first-order valence-corrected chi connectivity index (χ1v) is 2.24. The van der Waals surface area contributed by atoms with E-state index in [-0.39, 0.29) is 5.78 Å². The maximum atomic E-state index is 10.2. The van der Waals surface area contributed by atoms with Gasteiger partial charge in [-0.2, -0.15) is 0 Å². The summed E-state index contributed by atoms with van der Waals surface area (Å²) in [6.07, 6.45) is 2.83. The lowest BCUT2D eigenvalue weighted by Gasteiger charge is -1.78. The molecular weight excluding hydrogens is 104 g/mol. The number of hydrogen-bond donors (Lipinski definition) is 0. The molecule has 0 rings (SSSR count). The summed E-state index contributed by atoms with van der Waals surface area (Å²) in [5.41, 5.74) is 0.345. The quantitative estimate of drug-likeness (QED) is 0.490. The normalized spacial score (nSPS) is 11.0. The smallest absolute Gasteiger partial charge is 0.228 e. The average Bonchev–Trinajstić information content (AvgIpc) is 1.65. The summed E-state index contributed by atoms with van der Waals surface area (Å²) in [5.74, 6) is -0.120. The number of rotatable bonds is 2. The van der Waals surface area contributed by atoms with Gasteiger partial charge in [-0.05, 0) is 19.9 Å². The Morgan fingerprint density at radius 2 is 2.00 bits per heavy atom. The Morgan fingerprint density at radius 3 is 2.12 bits per heavy atom. The van der Waals surface area contributed by atoms with E-state index in [1.165, 1.54) is 19.9 Å². The summed E-state index contributed by atoms with van der Waals surface area (Å²) in [7, 11) is 0. The standard InChI is InChI=1S/C6H7O2/c1-5(4-7)3-6(2)8/h3H,1-2H3. The number of carbonyl (C=O) groups is 1. The highest BCUT2D eigenvalue weighted by Crippen LogP contribution is 1.84. The van der Waals surface area contributed by atoms with Gasteiger partial charge in [0.1, 0.15) is 0 Å². The molecule has 43 valence electrons. The minimum Gasteiger partial charge on any atom is -0.295 e. The highest BCUT2D eigenvalue weighted by molar-refractivity contribution is 5.93. The largest absolute Gasteiger partial charge is 0.295 e. The summed E-state index contributed by atoms with van der Waals surface area (Å²) in [4.78, 5) is 19.9. The fourth-order valence-corrected chi connectivity index (χ4v) is 0.334. The molecule has 0 spiro atoms. The predicted octanol–water partition coefficient (Wildman–Crippen LogP) is 0.631. The molecule has 0 atom stereocenters. The van der Waals surface area contributed by atoms with Crippen molar-refractivity contribution in [2.75, 3.05) is 0 Å². The van der Waals surface area contributed by atoms with Crippen molar-refractivity contribution in [1.82, 2.24) is 0 Å². The first kappa shape index (κ1) is 7.08. The fourth-order valence-electron chi connectivity index (χ4n) is 0.334. The van der Waals surface area contributed by atoms with Crippen LogP contribution in [-0.4, -0.2) is 12.1 Å². The zero-order chi connectivity index (χ0) is 6.57. The summed E-state index contributed by atoms with van der Waals surface area (Å²) >= 11 is 0. The van der Waals surface area contributed by atoms with Gasteiger partial charge in [0.25, 0.3) is 0 Å². The van der Waals surface area contributed by atoms with Crippen molar-refractivity contribution in [3.8, 4) is 0 Å². The molecule has 0 heterocycles. The summed E-state index contributed by atoms with van der Waals surface area (Å²) in [6, 6.07) is 0. The molecule has 0 aromatic carbocycles. The number of carbonyl (C=O) groups excluding carboxylic acids is 2. The Balaban J connectivity index is 3.94. The van der Waals surface area contributed by atoms with Crippen molar-refractivity contribution >= 4 is 12.1 Å². The van der Waals surface area contributed by atoms with Crippen molar-refractivity contribution in [1.29, 1.82) is 0 Å². The van der Waals surface area contributed by atoms with E-state index in [9.17, 15) is 9.59 Å². The lowest BCUT2D eigenvalue weighted by atomic mass is 10.3. The molecule has 0 aliphatic heterocycles. The molecule has 0 aliphatic rings. The summed E-state index contributed by atoms with van der Waals surface area (Å²) < 4.78 is 0. The van der Waals surface area contributed by atoms with Gasteiger partial charge in [0, 0.05) is 5.57 Å². The van der Waals surface area contributed by atoms with Gasteiger partial charge < -0.3 is 0 Å². The van der Waals surface area contributed by atoms with Crippen molar-refractivity contribution in [2.45, 2.75) is 13.8 Å². The summed E-state index contributed by atoms with van der Waals surface area (Å²) in [6.45, 7) is 2.93. The lowest BCUT2D eigenvalue weighted by molar-refractivity contribution is -0.112. The van der Waals surface area contributed by atoms with E-state index in [2.05, 4.69) is 0 Å². The Kier molecular flexibility index (Phi) is 2.77. The number of hydrogen-bond acceptors (Lipinski definition) is 2. The van der Waals surface area contributed by atoms with E-state index >= 15 is 0 Å². The van der Waals surface area contributed by atoms with Crippen molar-refractivity contribution in [2.24, 2.45) is 0 Å². The molecule has 0 aliphatic carbocycles. The second kappa shape index (κ2) is 3.13. The van der Waals surface area contributed by atoms with Gasteiger partial charge in [0.2, 0.25) is 6.29 Å². The van der Waals surface area contributed by atoms with Crippen LogP contribution in [0, 0.1) is 0 Å². The number of allylic oxidation sites excluding steroid dienone is 2. The molecule has 2 nitrogen and oxygen atoms in total. The van der Waals surface area contributed by atoms with Gasteiger partial charge in [-0.25, -0.2) is 0 Å². The van der Waals surface area contributed by atoms with Crippen molar-refractivity contribution in [3.63, 3.8) is 0 Å². The minimum absolute atomic E-state index is 0.120. The molecule has 0 N–H and O–H groups in total. The first-order valence-electron chi connectivity index (χ1n) is 2.24. The third-order valence-corrected chi connectivity index (χ3v) is 0.581. The highest BCUT2D eigenvalue weighted by Gasteiger charge is 1.87. The fraction of sp³-hybridized carbons (Fsp3) is 0.333. The van der Waals surface area contributed by atoms with Crippen LogP contribution >= 0.6 is 0 Å². The minimum atomic E-state index is -0.120. The molecule has 8 heavy (non-hydrogen) atoms. The molecule has 0 amide bonds. The van der Waals surface area contributed by atoms with Crippen LogP contribution in [0.4, 0.5) is 0 Å². The Bertz CT molecular complexity index is 133. The van der Waals surface area contributed by atoms with E-state index < -0.39 is 0 Å². The number of ketones is 1. The van der Waals surface area contributed by atoms with Crippen LogP contribution in [0.2, 0.25) is 0 Å². The molecule has 0 aromatic rings. The molecule has 0 bridgehead atoms. The molecular formula is C6H7O2. The van der Waals surface area contributed by atoms with E-state index in [0.29, 0.717) is 5.57 Å². The summed E-state index contributed by atoms with van der Waals surface area (Å²) in [5, 5.41) is 0. The van der Waals surface area contributed by atoms with Gasteiger partial charge >= 0.3 is 0 Å². The Morgan fingerprint density at radius 1 is 1.50 bits per heavy atom. The monoisotopic (exact) mass is 111 g/mol. The first-order chi connectivity index (χ1) is 3.66. The Hall–Kier alpha value is -0.920. The lowest BCUT2D eigenvalue weighted by Crippen LogP contribution is -1.84. The van der Waals surface area contributed by atoms with Crippen molar-refractivity contribution in [3.05, 3.63) is 11.6 Å². The van der Waals surface area contributed by atoms with E-state index in [4.69, 9.17) is 0 Å². The molecule has 0 aromatic heterocycles. The third-order valence-electron chi connectivity index (χ3n) is 0.581. The van der Waals surface area contributed by atoms with Crippen LogP contribution in [-0.2, 0) is 9.59 Å². The van der Waals surface area contributed by atoms with Crippen LogP contribution in [0.3, 0.4) is 0 Å². The maximum Gasteiger partial charge on any atom is 0.228 e. The van der Waals surface area contributed by atoms with Crippen LogP contribution in [0.15, 0.2) is 11.6 Å². The molecule has 0 saturated carbocycles. The second-order valence-corrected chi connectivity index (χ2v) is 1.54. The van der Waals surface area contributed by atoms with Gasteiger partial charge in [0.15, 0.2) is 5.78 Å². The third kappa shape index (κ3) is 3.28. The van der Waals surface area contributed by atoms with Gasteiger partial charge in [0.05, 0.1) is 0 Å². The highest BCUT2D eigenvalue weighted by atomic mass is 16.1. The van der Waals surface area contributed by atoms with Gasteiger partial charge in [-0.1, -0.05) is 0 Å². The Labute approximate surface area is 48.2 Å². The SMILES string of the molecule is CC(=O)C=C(C)[C]=O. The molecule has 0 saturated heterocycles. The van der Waals surface area contributed by atoms with Gasteiger partial charge in [-0.15, -0.1) is 0 Å². The molecule has 0 unspecified atom stereocenters. The zero-order valence-electron chi connectivity index (χ0n) is 4.89. The van der Waals surface area contributed by atoms with E-state index in [1.54, 1.807) is 6.29 Å². The average molecular weight is 111 g/mol. The van der Waals surface area contributed by atoms with Crippen molar-refractivity contribution < 1.29 is 9.59 Å². The molecule has 2 heteroatoms. The second-order valence-electron chi connectivity index (χ2n) is 1.54. The van der Waals surface area contributed by atoms with Crippen LogP contribution in [0.1, 0.15) is 13.8 Å². The van der Waals surface area contributed by atoms with Crippen LogP contribution in [0.25, 0.3) is 0 Å². The maximum absolute atomic E-state index is 10.2. The zero-order valence-corrected chi connectivity index (χ0v) is 4.89. The molecule has 0 fully saturated rings. The van der Waals surface area contributed by atoms with E-state index in [0.717, 1.165) is 0 Å². The topological polar surface area (TPSA) is 34.1 Å². The van der Waals surface area contributed by atoms with Crippen LogP contribution in [0.5, 0.6) is 0 Å². The van der Waals surface area contributed by atoms with Gasteiger partial charge in [-0.3, -0.25) is 9.59 Å². The van der Waals surface area contributed by atoms with E-state index in [1.807, 2.05) is 0 Å².